The monoisotopic (exact) mass is 260 g/mol. The fourth-order valence-corrected chi connectivity index (χ4v) is 2.17. The molecular formula is C15H20N2O2. The minimum absolute atomic E-state index is 0.0607. The largest absolute Gasteiger partial charge is 0.488 e. The van der Waals surface area contributed by atoms with Crippen LogP contribution in [0.2, 0.25) is 0 Å². The average Bonchev–Trinajstić information content (AvgIpc) is 2.85. The van der Waals surface area contributed by atoms with E-state index in [9.17, 15) is 0 Å². The fraction of sp³-hybridized carbons (Fsp3) is 0.400. The fourth-order valence-electron chi connectivity index (χ4n) is 2.17. The van der Waals surface area contributed by atoms with Gasteiger partial charge in [0.2, 0.25) is 0 Å². The lowest BCUT2D eigenvalue weighted by Gasteiger charge is -2.12. The maximum absolute atomic E-state index is 9.16. The van der Waals surface area contributed by atoms with Crippen molar-refractivity contribution in [2.24, 2.45) is 0 Å². The molecule has 0 saturated carbocycles. The van der Waals surface area contributed by atoms with Gasteiger partial charge in [0.05, 0.1) is 12.8 Å². The summed E-state index contributed by atoms with van der Waals surface area (Å²) in [7, 11) is 0. The van der Waals surface area contributed by atoms with E-state index in [-0.39, 0.29) is 6.61 Å². The molecule has 4 heteroatoms. The van der Waals surface area contributed by atoms with Gasteiger partial charge >= 0.3 is 0 Å². The van der Waals surface area contributed by atoms with E-state index < -0.39 is 0 Å². The van der Waals surface area contributed by atoms with E-state index in [1.165, 1.54) is 0 Å². The van der Waals surface area contributed by atoms with Crippen LogP contribution in [0.25, 0.3) is 0 Å². The summed E-state index contributed by atoms with van der Waals surface area (Å²) >= 11 is 0. The van der Waals surface area contributed by atoms with E-state index in [4.69, 9.17) is 9.84 Å². The van der Waals surface area contributed by atoms with Crippen molar-refractivity contribution in [2.45, 2.75) is 40.5 Å². The van der Waals surface area contributed by atoms with E-state index >= 15 is 0 Å². The highest BCUT2D eigenvalue weighted by Crippen LogP contribution is 2.25. The third-order valence-corrected chi connectivity index (χ3v) is 3.10. The van der Waals surface area contributed by atoms with Gasteiger partial charge in [-0.25, -0.2) is 0 Å². The molecular weight excluding hydrogens is 240 g/mol. The molecule has 0 amide bonds. The van der Waals surface area contributed by atoms with Gasteiger partial charge in [-0.3, -0.25) is 4.68 Å². The van der Waals surface area contributed by atoms with Crippen molar-refractivity contribution in [3.63, 3.8) is 0 Å². The molecule has 0 atom stereocenters. The minimum atomic E-state index is 0.0607. The van der Waals surface area contributed by atoms with Crippen molar-refractivity contribution in [3.05, 3.63) is 46.8 Å². The molecule has 0 radical (unpaired) electrons. The standard InChI is InChI=1S/C15H20N2O2/c1-4-17-8-14(7-16-17)10-19-15-11(2)5-13(9-18)6-12(15)3/h5-8,18H,4,9-10H2,1-3H3. The summed E-state index contributed by atoms with van der Waals surface area (Å²) in [6, 6.07) is 3.91. The number of rotatable bonds is 5. The zero-order valence-electron chi connectivity index (χ0n) is 11.7. The van der Waals surface area contributed by atoms with Crippen LogP contribution in [0, 0.1) is 13.8 Å². The summed E-state index contributed by atoms with van der Waals surface area (Å²) in [5.74, 6) is 0.890. The number of aryl methyl sites for hydroxylation is 3. The minimum Gasteiger partial charge on any atom is -0.488 e. The molecule has 0 aliphatic carbocycles. The maximum Gasteiger partial charge on any atom is 0.125 e. The summed E-state index contributed by atoms with van der Waals surface area (Å²) in [6.07, 6.45) is 3.82. The van der Waals surface area contributed by atoms with Crippen LogP contribution in [0.3, 0.4) is 0 Å². The number of ether oxygens (including phenoxy) is 1. The Morgan fingerprint density at radius 1 is 1.21 bits per heavy atom. The molecule has 2 aromatic rings. The van der Waals surface area contributed by atoms with Crippen LogP contribution < -0.4 is 4.74 Å². The summed E-state index contributed by atoms with van der Waals surface area (Å²) in [4.78, 5) is 0. The predicted octanol–water partition coefficient (Wildman–Crippen LogP) is 2.59. The first-order valence-electron chi connectivity index (χ1n) is 6.49. The van der Waals surface area contributed by atoms with Crippen LogP contribution in [0.4, 0.5) is 0 Å². The van der Waals surface area contributed by atoms with Gasteiger partial charge in [-0.05, 0) is 37.5 Å². The molecule has 2 rings (SSSR count). The van der Waals surface area contributed by atoms with Gasteiger partial charge in [0.1, 0.15) is 12.4 Å². The first kappa shape index (κ1) is 13.6. The maximum atomic E-state index is 9.16. The van der Waals surface area contributed by atoms with Crippen LogP contribution in [0.1, 0.15) is 29.2 Å². The van der Waals surface area contributed by atoms with Crippen molar-refractivity contribution in [2.75, 3.05) is 0 Å². The quantitative estimate of drug-likeness (QED) is 0.899. The summed E-state index contributed by atoms with van der Waals surface area (Å²) in [6.45, 7) is 7.49. The van der Waals surface area contributed by atoms with Gasteiger partial charge in [-0.1, -0.05) is 12.1 Å². The Hall–Kier alpha value is -1.81. The Bertz CT molecular complexity index is 538. The highest BCUT2D eigenvalue weighted by Gasteiger charge is 2.07. The highest BCUT2D eigenvalue weighted by atomic mass is 16.5. The Morgan fingerprint density at radius 3 is 2.42 bits per heavy atom. The van der Waals surface area contributed by atoms with Gasteiger partial charge in [0.15, 0.2) is 0 Å². The Morgan fingerprint density at radius 2 is 1.89 bits per heavy atom. The van der Waals surface area contributed by atoms with Gasteiger partial charge < -0.3 is 9.84 Å². The number of hydrogen-bond donors (Lipinski definition) is 1. The van der Waals surface area contributed by atoms with Gasteiger partial charge in [-0.2, -0.15) is 5.10 Å². The molecule has 1 aromatic heterocycles. The predicted molar refractivity (Wildman–Crippen MR) is 74.1 cm³/mol. The Balaban J connectivity index is 2.11. The Labute approximate surface area is 113 Å². The second-order valence-electron chi connectivity index (χ2n) is 4.71. The topological polar surface area (TPSA) is 47.3 Å². The van der Waals surface area contributed by atoms with E-state index in [2.05, 4.69) is 12.0 Å². The van der Waals surface area contributed by atoms with Crippen molar-refractivity contribution in [1.82, 2.24) is 9.78 Å². The third kappa shape index (κ3) is 3.15. The number of aromatic nitrogens is 2. The van der Waals surface area contributed by atoms with Crippen LogP contribution in [0.5, 0.6) is 5.75 Å². The molecule has 1 N–H and O–H groups in total. The van der Waals surface area contributed by atoms with E-state index in [1.54, 1.807) is 0 Å². The lowest BCUT2D eigenvalue weighted by atomic mass is 10.1. The van der Waals surface area contributed by atoms with Gasteiger partial charge in [-0.15, -0.1) is 0 Å². The zero-order chi connectivity index (χ0) is 13.8. The smallest absolute Gasteiger partial charge is 0.125 e. The molecule has 0 saturated heterocycles. The number of aliphatic hydroxyl groups is 1. The SMILES string of the molecule is CCn1cc(COc2c(C)cc(CO)cc2C)cn1. The average molecular weight is 260 g/mol. The number of aliphatic hydroxyl groups excluding tert-OH is 1. The van der Waals surface area contributed by atoms with Crippen LogP contribution in [-0.2, 0) is 19.8 Å². The molecule has 19 heavy (non-hydrogen) atoms. The molecule has 0 unspecified atom stereocenters. The molecule has 0 aliphatic rings. The van der Waals surface area contributed by atoms with E-state index in [1.807, 2.05) is 43.1 Å². The highest BCUT2D eigenvalue weighted by molar-refractivity contribution is 5.43. The number of hydrogen-bond acceptors (Lipinski definition) is 3. The molecule has 1 aromatic carbocycles. The molecule has 4 nitrogen and oxygen atoms in total. The Kier molecular flexibility index (Phi) is 4.22. The first-order chi connectivity index (χ1) is 9.13. The van der Waals surface area contributed by atoms with Crippen molar-refractivity contribution in [1.29, 1.82) is 0 Å². The summed E-state index contributed by atoms with van der Waals surface area (Å²) in [5, 5.41) is 13.4. The lowest BCUT2D eigenvalue weighted by Crippen LogP contribution is -2.00. The number of benzene rings is 1. The molecule has 0 aliphatic heterocycles. The molecule has 1 heterocycles. The molecule has 0 bridgehead atoms. The summed E-state index contributed by atoms with van der Waals surface area (Å²) in [5.41, 5.74) is 4.08. The lowest BCUT2D eigenvalue weighted by molar-refractivity contribution is 0.280. The molecule has 0 fully saturated rings. The van der Waals surface area contributed by atoms with Crippen molar-refractivity contribution < 1.29 is 9.84 Å². The van der Waals surface area contributed by atoms with Crippen LogP contribution in [0.15, 0.2) is 24.5 Å². The molecule has 0 spiro atoms. The van der Waals surface area contributed by atoms with Gasteiger partial charge in [0.25, 0.3) is 0 Å². The van der Waals surface area contributed by atoms with Crippen molar-refractivity contribution in [3.8, 4) is 5.75 Å². The van der Waals surface area contributed by atoms with Crippen molar-refractivity contribution >= 4 is 0 Å². The molecule has 102 valence electrons. The first-order valence-corrected chi connectivity index (χ1v) is 6.49. The third-order valence-electron chi connectivity index (χ3n) is 3.10. The van der Waals surface area contributed by atoms with Crippen LogP contribution >= 0.6 is 0 Å². The summed E-state index contributed by atoms with van der Waals surface area (Å²) < 4.78 is 7.76. The second-order valence-corrected chi connectivity index (χ2v) is 4.71. The van der Waals surface area contributed by atoms with Crippen LogP contribution in [-0.4, -0.2) is 14.9 Å². The van der Waals surface area contributed by atoms with Gasteiger partial charge in [0, 0.05) is 18.3 Å². The zero-order valence-corrected chi connectivity index (χ0v) is 11.7. The van der Waals surface area contributed by atoms with E-state index in [0.717, 1.165) is 34.5 Å². The van der Waals surface area contributed by atoms with E-state index in [0.29, 0.717) is 6.61 Å². The normalized spacial score (nSPS) is 10.7. The number of nitrogens with zero attached hydrogens (tertiary/aromatic N) is 2. The second kappa shape index (κ2) is 5.89.